The fourth-order valence-electron chi connectivity index (χ4n) is 0.816. The lowest BCUT2D eigenvalue weighted by molar-refractivity contribution is 0.807. The maximum Gasteiger partial charge on any atom is 0.250 e. The second kappa shape index (κ2) is 3.38. The van der Waals surface area contributed by atoms with Gasteiger partial charge in [-0.15, -0.1) is 5.10 Å². The molecule has 0 spiro atoms. The average Bonchev–Trinajstić information content (AvgIpc) is 2.27. The average molecular weight is 260 g/mol. The molecule has 0 saturated heterocycles. The van der Waals surface area contributed by atoms with Crippen molar-refractivity contribution in [3.63, 3.8) is 0 Å². The molecule has 1 aromatic rings. The van der Waals surface area contributed by atoms with Crippen molar-refractivity contribution in [2.75, 3.05) is 0 Å². The Morgan fingerprint density at radius 1 is 1.23 bits per heavy atom. The van der Waals surface area contributed by atoms with E-state index < -0.39 is 12.0 Å². The van der Waals surface area contributed by atoms with Crippen molar-refractivity contribution >= 4 is 43.0 Å². The number of rotatable bonds is 1. The molecule has 0 bridgehead atoms. The summed E-state index contributed by atoms with van der Waals surface area (Å²) in [6.07, 6.45) is 0. The van der Waals surface area contributed by atoms with Crippen molar-refractivity contribution in [3.8, 4) is 0 Å². The van der Waals surface area contributed by atoms with Gasteiger partial charge in [-0.25, -0.2) is 0 Å². The topological polar surface area (TPSA) is 43.6 Å². The van der Waals surface area contributed by atoms with Crippen LogP contribution in [-0.2, 0) is 3.79 Å². The molecule has 13 heavy (non-hydrogen) atoms. The normalized spacial score (nSPS) is 13.4. The van der Waals surface area contributed by atoms with E-state index in [4.69, 9.17) is 34.8 Å². The maximum atomic E-state index is 5.70. The van der Waals surface area contributed by atoms with Gasteiger partial charge < -0.3 is 0 Å². The first-order valence-electron chi connectivity index (χ1n) is 3.59. The summed E-state index contributed by atoms with van der Waals surface area (Å²) >= 11 is 17.1. The third-order valence-electron chi connectivity index (χ3n) is 1.36. The van der Waals surface area contributed by atoms with Crippen LogP contribution in [0.3, 0.4) is 0 Å². The van der Waals surface area contributed by atoms with Crippen molar-refractivity contribution in [2.24, 2.45) is 0 Å². The van der Waals surface area contributed by atoms with Gasteiger partial charge in [0.1, 0.15) is 0 Å². The molecule has 0 aliphatic carbocycles. The van der Waals surface area contributed by atoms with Crippen molar-refractivity contribution < 1.29 is 0 Å². The molecule has 0 aliphatic heterocycles. The molecule has 1 heterocycles. The number of tetrazole rings is 1. The standard InChI is InChI=1S/C5H9Cl3N4Si/c1-13(2,3)12-4(5(6,7)8)9-10-11-12/h1-3H3. The molecule has 1 aromatic heterocycles. The molecule has 0 unspecified atom stereocenters. The number of aromatic nitrogens is 4. The summed E-state index contributed by atoms with van der Waals surface area (Å²) in [7, 11) is -1.71. The van der Waals surface area contributed by atoms with Crippen LogP contribution in [-0.4, -0.2) is 28.1 Å². The highest BCUT2D eigenvalue weighted by molar-refractivity contribution is 6.75. The summed E-state index contributed by atoms with van der Waals surface area (Å²) in [6, 6.07) is 0. The van der Waals surface area contributed by atoms with Gasteiger partial charge in [-0.3, -0.25) is 4.35 Å². The summed E-state index contributed by atoms with van der Waals surface area (Å²) in [6.45, 7) is 6.18. The Morgan fingerprint density at radius 3 is 2.08 bits per heavy atom. The third kappa shape index (κ3) is 2.55. The van der Waals surface area contributed by atoms with E-state index in [9.17, 15) is 0 Å². The molecule has 74 valence electrons. The van der Waals surface area contributed by atoms with Gasteiger partial charge >= 0.3 is 0 Å². The number of hydrogen-bond donors (Lipinski definition) is 0. The Balaban J connectivity index is 3.19. The molecule has 0 radical (unpaired) electrons. The lowest BCUT2D eigenvalue weighted by Crippen LogP contribution is -2.36. The highest BCUT2D eigenvalue weighted by Gasteiger charge is 2.34. The first kappa shape index (κ1) is 11.2. The first-order valence-corrected chi connectivity index (χ1v) is 8.17. The van der Waals surface area contributed by atoms with Crippen molar-refractivity contribution in [2.45, 2.75) is 23.4 Å². The minimum atomic E-state index is -1.71. The first-order chi connectivity index (χ1) is 5.73. The Hall–Kier alpha value is 0.157. The molecule has 0 amide bonds. The lowest BCUT2D eigenvalue weighted by atomic mass is 10.7. The van der Waals surface area contributed by atoms with Crippen LogP contribution < -0.4 is 0 Å². The summed E-state index contributed by atoms with van der Waals surface area (Å²) in [5, 5.41) is 11.0. The fourth-order valence-corrected chi connectivity index (χ4v) is 2.54. The van der Waals surface area contributed by atoms with Crippen molar-refractivity contribution in [1.82, 2.24) is 19.9 Å². The molecule has 0 atom stereocenters. The molecule has 8 heteroatoms. The second-order valence-electron chi connectivity index (χ2n) is 3.58. The fraction of sp³-hybridized carbons (Fsp3) is 0.800. The Kier molecular flexibility index (Phi) is 2.92. The van der Waals surface area contributed by atoms with E-state index >= 15 is 0 Å². The molecular weight excluding hydrogens is 251 g/mol. The highest BCUT2D eigenvalue weighted by Crippen LogP contribution is 2.36. The van der Waals surface area contributed by atoms with E-state index in [0.29, 0.717) is 0 Å². The summed E-state index contributed by atoms with van der Waals surface area (Å²) in [4.78, 5) is 0. The van der Waals surface area contributed by atoms with E-state index in [1.54, 1.807) is 4.35 Å². The van der Waals surface area contributed by atoms with Gasteiger partial charge in [0.2, 0.25) is 0 Å². The number of halogens is 3. The summed E-state index contributed by atoms with van der Waals surface area (Å²) in [5.41, 5.74) is 0. The molecule has 0 N–H and O–H groups in total. The zero-order valence-electron chi connectivity index (χ0n) is 7.42. The molecular formula is C5H9Cl3N4Si. The van der Waals surface area contributed by atoms with E-state index in [0.717, 1.165) is 0 Å². The smallest absolute Gasteiger partial charge is 0.250 e. The van der Waals surface area contributed by atoms with Crippen LogP contribution in [0.15, 0.2) is 0 Å². The lowest BCUT2D eigenvalue weighted by Gasteiger charge is -2.20. The van der Waals surface area contributed by atoms with Crippen molar-refractivity contribution in [1.29, 1.82) is 0 Å². The van der Waals surface area contributed by atoms with Gasteiger partial charge in [-0.05, 0) is 24.9 Å². The molecule has 0 saturated carbocycles. The van der Waals surface area contributed by atoms with E-state index in [-0.39, 0.29) is 5.82 Å². The van der Waals surface area contributed by atoms with E-state index in [2.05, 4.69) is 35.2 Å². The number of alkyl halides is 3. The Morgan fingerprint density at radius 2 is 1.77 bits per heavy atom. The van der Waals surface area contributed by atoms with Crippen LogP contribution in [0.25, 0.3) is 0 Å². The van der Waals surface area contributed by atoms with E-state index in [1.807, 2.05) is 0 Å². The van der Waals surface area contributed by atoms with Crippen LogP contribution in [0.1, 0.15) is 5.82 Å². The van der Waals surface area contributed by atoms with Gasteiger partial charge in [0.15, 0.2) is 14.1 Å². The zero-order chi connectivity index (χ0) is 10.3. The van der Waals surface area contributed by atoms with Crippen molar-refractivity contribution in [3.05, 3.63) is 5.82 Å². The van der Waals surface area contributed by atoms with Crippen LogP contribution in [0.5, 0.6) is 0 Å². The van der Waals surface area contributed by atoms with Crippen LogP contribution in [0.4, 0.5) is 0 Å². The highest BCUT2D eigenvalue weighted by atomic mass is 35.6. The molecule has 0 aliphatic rings. The van der Waals surface area contributed by atoms with Gasteiger partial charge in [-0.1, -0.05) is 40.0 Å². The Labute approximate surface area is 92.2 Å². The molecule has 0 fully saturated rings. The monoisotopic (exact) mass is 258 g/mol. The van der Waals surface area contributed by atoms with Gasteiger partial charge in [-0.2, -0.15) is 0 Å². The molecule has 1 rings (SSSR count). The maximum absolute atomic E-state index is 5.70. The summed E-state index contributed by atoms with van der Waals surface area (Å²) < 4.78 is 0.0732. The minimum absolute atomic E-state index is 0.289. The Bertz CT molecular complexity index is 271. The second-order valence-corrected chi connectivity index (χ2v) is 10.6. The van der Waals surface area contributed by atoms with Gasteiger partial charge in [0.05, 0.1) is 0 Å². The zero-order valence-corrected chi connectivity index (χ0v) is 10.7. The molecule has 4 nitrogen and oxygen atoms in total. The predicted molar refractivity (Wildman–Crippen MR) is 55.8 cm³/mol. The number of nitrogens with zero attached hydrogens (tertiary/aromatic N) is 4. The van der Waals surface area contributed by atoms with Crippen LogP contribution in [0.2, 0.25) is 19.6 Å². The largest absolute Gasteiger partial charge is 0.258 e. The van der Waals surface area contributed by atoms with Gasteiger partial charge in [0.25, 0.3) is 3.79 Å². The van der Waals surface area contributed by atoms with Crippen LogP contribution >= 0.6 is 34.8 Å². The minimum Gasteiger partial charge on any atom is -0.258 e. The molecule has 0 aromatic carbocycles. The third-order valence-corrected chi connectivity index (χ3v) is 3.44. The van der Waals surface area contributed by atoms with Crippen LogP contribution in [0, 0.1) is 0 Å². The van der Waals surface area contributed by atoms with Gasteiger partial charge in [0, 0.05) is 0 Å². The predicted octanol–water partition coefficient (Wildman–Crippen LogP) is 2.18. The SMILES string of the molecule is C[Si](C)(C)n1nnnc1C(Cl)(Cl)Cl. The summed E-state index contributed by atoms with van der Waals surface area (Å²) in [5.74, 6) is 0.289. The number of hydrogen-bond acceptors (Lipinski definition) is 3. The quantitative estimate of drug-likeness (QED) is 0.573. The van der Waals surface area contributed by atoms with E-state index in [1.165, 1.54) is 0 Å².